The maximum atomic E-state index is 13.4. The summed E-state index contributed by atoms with van der Waals surface area (Å²) in [5.74, 6) is 0.521. The lowest BCUT2D eigenvalue weighted by atomic mass is 10.0. The van der Waals surface area contributed by atoms with E-state index in [4.69, 9.17) is 0 Å². The molecule has 2 aromatic heterocycles. The second kappa shape index (κ2) is 7.68. The molecule has 1 aliphatic carbocycles. The number of carbonyl (C=O) groups is 1. The minimum atomic E-state index is -4.47. The molecule has 0 saturated heterocycles. The SMILES string of the molecule is C[C@@H](Cn1c(C(F)(F)F)cc2cccnc21)NC(=O)CCC1CCCC1. The van der Waals surface area contributed by atoms with Crippen LogP contribution in [0.4, 0.5) is 13.2 Å². The van der Waals surface area contributed by atoms with E-state index in [2.05, 4.69) is 10.3 Å². The molecule has 26 heavy (non-hydrogen) atoms. The normalized spacial score (nSPS) is 16.9. The fourth-order valence-corrected chi connectivity index (χ4v) is 3.81. The molecule has 1 saturated carbocycles. The number of halogens is 3. The number of rotatable bonds is 6. The molecule has 4 nitrogen and oxygen atoms in total. The topological polar surface area (TPSA) is 46.9 Å². The van der Waals surface area contributed by atoms with Gasteiger partial charge in [0.05, 0.1) is 0 Å². The monoisotopic (exact) mass is 367 g/mol. The number of hydrogen-bond donors (Lipinski definition) is 1. The van der Waals surface area contributed by atoms with Crippen molar-refractivity contribution < 1.29 is 18.0 Å². The third kappa shape index (κ3) is 4.37. The molecule has 1 fully saturated rings. The highest BCUT2D eigenvalue weighted by molar-refractivity contribution is 5.78. The first-order valence-electron chi connectivity index (χ1n) is 9.15. The highest BCUT2D eigenvalue weighted by atomic mass is 19.4. The molecule has 3 rings (SSSR count). The van der Waals surface area contributed by atoms with Gasteiger partial charge in [0.25, 0.3) is 0 Å². The molecule has 2 heterocycles. The molecule has 1 N–H and O–H groups in total. The fraction of sp³-hybridized carbons (Fsp3) is 0.579. The molecule has 142 valence electrons. The maximum absolute atomic E-state index is 13.4. The van der Waals surface area contributed by atoms with Crippen LogP contribution in [-0.2, 0) is 17.5 Å². The standard InChI is InChI=1S/C19H24F3N3O/c1-13(24-17(26)9-8-14-5-2-3-6-14)12-25-16(19(20,21)22)11-15-7-4-10-23-18(15)25/h4,7,10-11,13-14H,2-3,5-6,8-9,12H2,1H3,(H,24,26)/t13-/m0/s1. The summed E-state index contributed by atoms with van der Waals surface area (Å²) in [6.45, 7) is 1.76. The largest absolute Gasteiger partial charge is 0.431 e. The molecule has 1 amide bonds. The lowest BCUT2D eigenvalue weighted by molar-refractivity contribution is -0.143. The van der Waals surface area contributed by atoms with Gasteiger partial charge in [-0.05, 0) is 37.5 Å². The summed E-state index contributed by atoms with van der Waals surface area (Å²) in [6, 6.07) is 3.92. The molecule has 2 aromatic rings. The van der Waals surface area contributed by atoms with Crippen LogP contribution >= 0.6 is 0 Å². The summed E-state index contributed by atoms with van der Waals surface area (Å²) in [5, 5.41) is 3.27. The third-order valence-corrected chi connectivity index (χ3v) is 5.06. The number of aromatic nitrogens is 2. The van der Waals surface area contributed by atoms with Gasteiger partial charge in [-0.2, -0.15) is 13.2 Å². The van der Waals surface area contributed by atoms with Crippen LogP contribution in [0.3, 0.4) is 0 Å². The third-order valence-electron chi connectivity index (χ3n) is 5.06. The van der Waals surface area contributed by atoms with Crippen molar-refractivity contribution in [3.8, 4) is 0 Å². The number of pyridine rings is 1. The van der Waals surface area contributed by atoms with Gasteiger partial charge >= 0.3 is 6.18 Å². The Morgan fingerprint density at radius 1 is 1.38 bits per heavy atom. The quantitative estimate of drug-likeness (QED) is 0.815. The molecular weight excluding hydrogens is 343 g/mol. The van der Waals surface area contributed by atoms with Crippen molar-refractivity contribution in [1.82, 2.24) is 14.9 Å². The van der Waals surface area contributed by atoms with Gasteiger partial charge in [-0.1, -0.05) is 25.7 Å². The maximum Gasteiger partial charge on any atom is 0.431 e. The lowest BCUT2D eigenvalue weighted by Crippen LogP contribution is -2.36. The van der Waals surface area contributed by atoms with Crippen molar-refractivity contribution in [3.63, 3.8) is 0 Å². The number of fused-ring (bicyclic) bond motifs is 1. The van der Waals surface area contributed by atoms with E-state index in [9.17, 15) is 18.0 Å². The Bertz CT molecular complexity index is 763. The van der Waals surface area contributed by atoms with E-state index in [0.717, 1.165) is 17.1 Å². The highest BCUT2D eigenvalue weighted by Crippen LogP contribution is 2.33. The van der Waals surface area contributed by atoms with Crippen molar-refractivity contribution in [3.05, 3.63) is 30.1 Å². The molecule has 0 radical (unpaired) electrons. The summed E-state index contributed by atoms with van der Waals surface area (Å²) < 4.78 is 41.2. The van der Waals surface area contributed by atoms with E-state index in [1.165, 1.54) is 31.9 Å². The first kappa shape index (κ1) is 18.7. The number of nitrogens with zero attached hydrogens (tertiary/aromatic N) is 2. The average molecular weight is 367 g/mol. The van der Waals surface area contributed by atoms with E-state index >= 15 is 0 Å². The van der Waals surface area contributed by atoms with Crippen molar-refractivity contribution in [1.29, 1.82) is 0 Å². The lowest BCUT2D eigenvalue weighted by Gasteiger charge is -2.19. The molecule has 0 spiro atoms. The van der Waals surface area contributed by atoms with Gasteiger partial charge in [-0.25, -0.2) is 4.98 Å². The minimum absolute atomic E-state index is 0.0323. The Balaban J connectivity index is 1.66. The molecule has 0 aromatic carbocycles. The van der Waals surface area contributed by atoms with Gasteiger partial charge in [0.1, 0.15) is 11.3 Å². The number of amides is 1. The van der Waals surface area contributed by atoms with Gasteiger partial charge in [0.15, 0.2) is 0 Å². The van der Waals surface area contributed by atoms with E-state index < -0.39 is 17.9 Å². The fourth-order valence-electron chi connectivity index (χ4n) is 3.81. The van der Waals surface area contributed by atoms with Crippen LogP contribution in [0.1, 0.15) is 51.1 Å². The van der Waals surface area contributed by atoms with Gasteiger partial charge in [-0.3, -0.25) is 4.79 Å². The van der Waals surface area contributed by atoms with E-state index in [0.29, 0.717) is 17.7 Å². The zero-order valence-corrected chi connectivity index (χ0v) is 14.9. The van der Waals surface area contributed by atoms with Crippen molar-refractivity contribution in [2.45, 2.75) is 64.2 Å². The molecule has 7 heteroatoms. The Morgan fingerprint density at radius 2 is 2.12 bits per heavy atom. The van der Waals surface area contributed by atoms with Crippen LogP contribution < -0.4 is 5.32 Å². The summed E-state index contributed by atoms with van der Waals surface area (Å²) in [4.78, 5) is 16.2. The van der Waals surface area contributed by atoms with Gasteiger partial charge in [0.2, 0.25) is 5.91 Å². The summed E-state index contributed by atoms with van der Waals surface area (Å²) in [7, 11) is 0. The zero-order valence-electron chi connectivity index (χ0n) is 14.9. The van der Waals surface area contributed by atoms with Gasteiger partial charge < -0.3 is 9.88 Å². The zero-order chi connectivity index (χ0) is 18.7. The number of nitrogens with one attached hydrogen (secondary N) is 1. The van der Waals surface area contributed by atoms with Crippen molar-refractivity contribution in [2.24, 2.45) is 5.92 Å². The van der Waals surface area contributed by atoms with Crippen LogP contribution in [0.2, 0.25) is 0 Å². The molecule has 1 aliphatic rings. The Labute approximate surface area is 150 Å². The summed E-state index contributed by atoms with van der Waals surface area (Å²) in [5.41, 5.74) is -0.454. The van der Waals surface area contributed by atoms with Crippen LogP contribution in [0, 0.1) is 5.92 Å². The second-order valence-corrected chi connectivity index (χ2v) is 7.21. The van der Waals surface area contributed by atoms with Crippen LogP contribution in [-0.4, -0.2) is 21.5 Å². The summed E-state index contributed by atoms with van der Waals surface area (Å²) in [6.07, 6.45) is 3.13. The average Bonchev–Trinajstić information content (AvgIpc) is 3.20. The van der Waals surface area contributed by atoms with Gasteiger partial charge in [0, 0.05) is 30.6 Å². The van der Waals surface area contributed by atoms with E-state index in [-0.39, 0.29) is 18.1 Å². The molecule has 1 atom stereocenters. The first-order chi connectivity index (χ1) is 12.3. The molecular formula is C19H24F3N3O. The van der Waals surface area contributed by atoms with Crippen LogP contribution in [0.15, 0.2) is 24.4 Å². The van der Waals surface area contributed by atoms with Crippen LogP contribution in [0.5, 0.6) is 0 Å². The predicted molar refractivity (Wildman–Crippen MR) is 93.5 cm³/mol. The first-order valence-corrected chi connectivity index (χ1v) is 9.15. The second-order valence-electron chi connectivity index (χ2n) is 7.21. The van der Waals surface area contributed by atoms with Crippen molar-refractivity contribution >= 4 is 16.9 Å². The Morgan fingerprint density at radius 3 is 2.81 bits per heavy atom. The van der Waals surface area contributed by atoms with E-state index in [1.807, 2.05) is 0 Å². The smallest absolute Gasteiger partial charge is 0.352 e. The van der Waals surface area contributed by atoms with E-state index in [1.54, 1.807) is 19.1 Å². The minimum Gasteiger partial charge on any atom is -0.352 e. The van der Waals surface area contributed by atoms with Crippen molar-refractivity contribution in [2.75, 3.05) is 0 Å². The highest BCUT2D eigenvalue weighted by Gasteiger charge is 2.36. The van der Waals surface area contributed by atoms with Gasteiger partial charge in [-0.15, -0.1) is 0 Å². The van der Waals surface area contributed by atoms with Crippen LogP contribution in [0.25, 0.3) is 11.0 Å². The Kier molecular flexibility index (Phi) is 5.53. The Hall–Kier alpha value is -2.05. The molecule has 0 bridgehead atoms. The number of alkyl halides is 3. The molecule has 0 unspecified atom stereocenters. The predicted octanol–water partition coefficient (Wildman–Crippen LogP) is 4.53. The summed E-state index contributed by atoms with van der Waals surface area (Å²) >= 11 is 0. The number of carbonyl (C=O) groups excluding carboxylic acids is 1. The number of hydrogen-bond acceptors (Lipinski definition) is 2. The molecule has 0 aliphatic heterocycles.